The highest BCUT2D eigenvalue weighted by molar-refractivity contribution is 5.78. The van der Waals surface area contributed by atoms with Crippen LogP contribution in [0, 0.1) is 18.2 Å². The smallest absolute Gasteiger partial charge is 0.224 e. The molecule has 0 saturated carbocycles. The normalized spacial score (nSPS) is 11.6. The second-order valence-corrected chi connectivity index (χ2v) is 3.68. The van der Waals surface area contributed by atoms with Crippen LogP contribution in [0.15, 0.2) is 24.3 Å². The molecule has 2 nitrogen and oxygen atoms in total. The monoisotopic (exact) mass is 219 g/mol. The van der Waals surface area contributed by atoms with Gasteiger partial charge in [0.1, 0.15) is 5.82 Å². The molecule has 3 heteroatoms. The molecule has 0 spiro atoms. The minimum atomic E-state index is -0.301. The summed E-state index contributed by atoms with van der Waals surface area (Å²) in [4.78, 5) is 11.5. The molecule has 84 valence electrons. The number of hydrogen-bond donors (Lipinski definition) is 1. The summed E-state index contributed by atoms with van der Waals surface area (Å²) in [5, 5.41) is 2.77. The first-order valence-corrected chi connectivity index (χ1v) is 5.09. The summed E-state index contributed by atoms with van der Waals surface area (Å²) in [6.07, 6.45) is 5.89. The number of rotatable bonds is 4. The molecule has 1 rings (SSSR count). The summed E-state index contributed by atoms with van der Waals surface area (Å²) in [5.74, 6) is 2.08. The first kappa shape index (κ1) is 12.3. The van der Waals surface area contributed by atoms with Crippen LogP contribution in [-0.2, 0) is 11.2 Å². The van der Waals surface area contributed by atoms with Gasteiger partial charge in [0.05, 0.1) is 6.42 Å². The lowest BCUT2D eigenvalue weighted by Crippen LogP contribution is -2.33. The maximum atomic E-state index is 12.6. The number of hydrogen-bond acceptors (Lipinski definition) is 1. The van der Waals surface area contributed by atoms with Crippen LogP contribution in [0.2, 0.25) is 0 Å². The summed E-state index contributed by atoms with van der Waals surface area (Å²) < 4.78 is 12.6. The van der Waals surface area contributed by atoms with Crippen LogP contribution in [-0.4, -0.2) is 11.9 Å². The summed E-state index contributed by atoms with van der Waals surface area (Å²) in [5.41, 5.74) is 0.784. The van der Waals surface area contributed by atoms with Crippen molar-refractivity contribution in [3.8, 4) is 12.3 Å². The Hall–Kier alpha value is -1.82. The third kappa shape index (κ3) is 4.14. The van der Waals surface area contributed by atoms with Gasteiger partial charge in [-0.15, -0.1) is 12.3 Å². The van der Waals surface area contributed by atoms with Gasteiger partial charge in [0.15, 0.2) is 0 Å². The van der Waals surface area contributed by atoms with Crippen molar-refractivity contribution in [3.05, 3.63) is 35.6 Å². The molecule has 16 heavy (non-hydrogen) atoms. The first-order chi connectivity index (χ1) is 7.61. The van der Waals surface area contributed by atoms with Gasteiger partial charge in [-0.2, -0.15) is 0 Å². The summed E-state index contributed by atoms with van der Waals surface area (Å²) >= 11 is 0. The van der Waals surface area contributed by atoms with Crippen LogP contribution in [0.25, 0.3) is 0 Å². The van der Waals surface area contributed by atoms with Crippen molar-refractivity contribution < 1.29 is 9.18 Å². The van der Waals surface area contributed by atoms with Crippen molar-refractivity contribution in [1.82, 2.24) is 5.32 Å². The Morgan fingerprint density at radius 2 is 2.12 bits per heavy atom. The summed E-state index contributed by atoms with van der Waals surface area (Å²) in [7, 11) is 0. The minimum Gasteiger partial charge on any atom is -0.352 e. The summed E-state index contributed by atoms with van der Waals surface area (Å²) in [6.45, 7) is 1.85. The van der Waals surface area contributed by atoms with Gasteiger partial charge in [0.25, 0.3) is 0 Å². The molecule has 1 amide bonds. The Morgan fingerprint density at radius 1 is 1.50 bits per heavy atom. The molecule has 0 aromatic heterocycles. The highest BCUT2D eigenvalue weighted by Crippen LogP contribution is 2.03. The summed E-state index contributed by atoms with van der Waals surface area (Å²) in [6, 6.07) is 5.85. The maximum Gasteiger partial charge on any atom is 0.224 e. The molecule has 0 aliphatic carbocycles. The van der Waals surface area contributed by atoms with Gasteiger partial charge in [-0.3, -0.25) is 4.79 Å². The van der Waals surface area contributed by atoms with Crippen molar-refractivity contribution >= 4 is 5.91 Å². The van der Waals surface area contributed by atoms with E-state index in [0.717, 1.165) is 5.56 Å². The third-order valence-electron chi connectivity index (χ3n) is 2.11. The van der Waals surface area contributed by atoms with Crippen LogP contribution in [0.1, 0.15) is 18.9 Å². The van der Waals surface area contributed by atoms with Gasteiger partial charge in [-0.1, -0.05) is 12.1 Å². The largest absolute Gasteiger partial charge is 0.352 e. The lowest BCUT2D eigenvalue weighted by Gasteiger charge is -2.10. The molecule has 1 atom stereocenters. The molecule has 0 aliphatic rings. The van der Waals surface area contributed by atoms with E-state index in [1.165, 1.54) is 12.1 Å². The van der Waals surface area contributed by atoms with Gasteiger partial charge in [0, 0.05) is 12.5 Å². The topological polar surface area (TPSA) is 29.1 Å². The van der Waals surface area contributed by atoms with Crippen molar-refractivity contribution in [2.24, 2.45) is 0 Å². The molecule has 0 bridgehead atoms. The Morgan fingerprint density at radius 3 is 2.69 bits per heavy atom. The predicted molar refractivity (Wildman–Crippen MR) is 61.2 cm³/mol. The van der Waals surface area contributed by atoms with E-state index in [0.29, 0.717) is 6.42 Å². The number of amides is 1. The molecular formula is C13H14FNO. The average Bonchev–Trinajstić information content (AvgIpc) is 2.21. The number of carbonyl (C=O) groups is 1. The van der Waals surface area contributed by atoms with Crippen LogP contribution in [0.3, 0.4) is 0 Å². The fourth-order valence-corrected chi connectivity index (χ4v) is 1.34. The number of benzene rings is 1. The molecule has 0 saturated heterocycles. The number of nitrogens with one attached hydrogen (secondary N) is 1. The van der Waals surface area contributed by atoms with E-state index in [1.807, 2.05) is 6.92 Å². The van der Waals surface area contributed by atoms with E-state index >= 15 is 0 Å². The Labute approximate surface area is 94.9 Å². The second-order valence-electron chi connectivity index (χ2n) is 3.68. The molecule has 0 fully saturated rings. The van der Waals surface area contributed by atoms with E-state index in [-0.39, 0.29) is 24.2 Å². The maximum absolute atomic E-state index is 12.6. The van der Waals surface area contributed by atoms with Gasteiger partial charge >= 0.3 is 0 Å². The van der Waals surface area contributed by atoms with Gasteiger partial charge < -0.3 is 5.32 Å². The Bertz CT molecular complexity index is 391. The highest BCUT2D eigenvalue weighted by atomic mass is 19.1. The molecule has 1 N–H and O–H groups in total. The molecule has 1 unspecified atom stereocenters. The minimum absolute atomic E-state index is 0.0297. The highest BCUT2D eigenvalue weighted by Gasteiger charge is 2.06. The zero-order valence-electron chi connectivity index (χ0n) is 9.16. The molecule has 0 aliphatic heterocycles. The molecule has 1 aromatic carbocycles. The Kier molecular flexibility index (Phi) is 4.53. The van der Waals surface area contributed by atoms with Crippen molar-refractivity contribution in [1.29, 1.82) is 0 Å². The van der Waals surface area contributed by atoms with E-state index in [2.05, 4.69) is 11.2 Å². The quantitative estimate of drug-likeness (QED) is 0.770. The zero-order chi connectivity index (χ0) is 12.0. The van der Waals surface area contributed by atoms with Crippen molar-refractivity contribution in [2.75, 3.05) is 0 Å². The van der Waals surface area contributed by atoms with Gasteiger partial charge in [-0.05, 0) is 24.6 Å². The fourth-order valence-electron chi connectivity index (χ4n) is 1.34. The lowest BCUT2D eigenvalue weighted by atomic mass is 10.1. The standard InChI is InChI=1S/C13H14FNO/c1-3-4-10(2)15-13(16)9-11-5-7-12(14)8-6-11/h1,5-8,10H,4,9H2,2H3,(H,15,16). The van der Waals surface area contributed by atoms with Crippen LogP contribution in [0.5, 0.6) is 0 Å². The Balaban J connectivity index is 2.46. The second kappa shape index (κ2) is 5.92. The van der Waals surface area contributed by atoms with Crippen molar-refractivity contribution in [3.63, 3.8) is 0 Å². The molecular weight excluding hydrogens is 205 g/mol. The van der Waals surface area contributed by atoms with Crippen LogP contribution in [0.4, 0.5) is 4.39 Å². The predicted octanol–water partition coefficient (Wildman–Crippen LogP) is 1.90. The van der Waals surface area contributed by atoms with Crippen LogP contribution < -0.4 is 5.32 Å². The van der Waals surface area contributed by atoms with Gasteiger partial charge in [-0.25, -0.2) is 4.39 Å². The van der Waals surface area contributed by atoms with Crippen LogP contribution >= 0.6 is 0 Å². The van der Waals surface area contributed by atoms with Crippen molar-refractivity contribution in [2.45, 2.75) is 25.8 Å². The fraction of sp³-hybridized carbons (Fsp3) is 0.308. The van der Waals surface area contributed by atoms with E-state index in [1.54, 1.807) is 12.1 Å². The number of carbonyl (C=O) groups excluding carboxylic acids is 1. The SMILES string of the molecule is C#CCC(C)NC(=O)Cc1ccc(F)cc1. The van der Waals surface area contributed by atoms with Gasteiger partial charge in [0.2, 0.25) is 5.91 Å². The molecule has 1 aromatic rings. The van der Waals surface area contributed by atoms with E-state index in [4.69, 9.17) is 6.42 Å². The molecule has 0 radical (unpaired) electrons. The lowest BCUT2D eigenvalue weighted by molar-refractivity contribution is -0.121. The number of halogens is 1. The van der Waals surface area contributed by atoms with E-state index in [9.17, 15) is 9.18 Å². The average molecular weight is 219 g/mol. The first-order valence-electron chi connectivity index (χ1n) is 5.09. The zero-order valence-corrected chi connectivity index (χ0v) is 9.16. The van der Waals surface area contributed by atoms with E-state index < -0.39 is 0 Å². The third-order valence-corrected chi connectivity index (χ3v) is 2.11. The number of terminal acetylenes is 1. The molecule has 0 heterocycles.